The van der Waals surface area contributed by atoms with Crippen LogP contribution in [0.4, 0.5) is 4.79 Å². The second kappa shape index (κ2) is 13.1. The lowest BCUT2D eigenvalue weighted by atomic mass is 9.69. The number of aromatic nitrogens is 1. The third-order valence-corrected chi connectivity index (χ3v) is 14.4. The first kappa shape index (κ1) is 34.4. The summed E-state index contributed by atoms with van der Waals surface area (Å²) in [6, 6.07) is 26.0. The maximum absolute atomic E-state index is 14.6. The number of carbonyl (C=O) groups excluding carboxylic acids is 2. The Morgan fingerprint density at radius 1 is 0.962 bits per heavy atom. The number of aryl methyl sites for hydroxylation is 1. The largest absolute Gasteiger partial charge is 0.493 e. The number of likely N-dealkylation sites (tertiary alicyclic amines) is 1. The van der Waals surface area contributed by atoms with Crippen molar-refractivity contribution in [2.24, 2.45) is 28.6 Å². The van der Waals surface area contributed by atoms with Gasteiger partial charge in [0.25, 0.3) is 0 Å². The summed E-state index contributed by atoms with van der Waals surface area (Å²) in [4.78, 5) is 34.3. The minimum Gasteiger partial charge on any atom is -0.493 e. The van der Waals surface area contributed by atoms with Gasteiger partial charge in [-0.1, -0.05) is 62.4 Å². The number of sulfonamides is 1. The lowest BCUT2D eigenvalue weighted by molar-refractivity contribution is -0.134. The summed E-state index contributed by atoms with van der Waals surface area (Å²) in [7, 11) is -3.82. The van der Waals surface area contributed by atoms with Gasteiger partial charge in [0.2, 0.25) is 21.8 Å². The number of fused-ring (bicyclic) bond motifs is 1. The van der Waals surface area contributed by atoms with Crippen LogP contribution in [0.2, 0.25) is 0 Å². The number of carbonyl (C=O) groups is 2. The molecule has 2 amide bonds. The number of oxazole rings is 1. The van der Waals surface area contributed by atoms with E-state index in [9.17, 15) is 18.0 Å². The first-order chi connectivity index (χ1) is 24.9. The summed E-state index contributed by atoms with van der Waals surface area (Å²) < 4.78 is 46.8. The van der Waals surface area contributed by atoms with Gasteiger partial charge >= 0.3 is 6.09 Å². The summed E-state index contributed by atoms with van der Waals surface area (Å²) >= 11 is 0. The molecule has 2 saturated carbocycles. The molecular formula is C41H45N3O7S. The highest BCUT2D eigenvalue weighted by atomic mass is 32.2. The molecule has 4 aliphatic rings. The van der Waals surface area contributed by atoms with Gasteiger partial charge in [0.05, 0.1) is 30.0 Å². The minimum atomic E-state index is -3.82. The fraction of sp³-hybridized carbons (Fsp3) is 0.439. The highest BCUT2D eigenvalue weighted by molar-refractivity contribution is 7.90. The first-order valence-corrected chi connectivity index (χ1v) is 19.9. The van der Waals surface area contributed by atoms with Crippen molar-refractivity contribution in [3.05, 3.63) is 102 Å². The van der Waals surface area contributed by atoms with Crippen molar-refractivity contribution in [3.63, 3.8) is 0 Å². The molecule has 4 aromatic rings. The van der Waals surface area contributed by atoms with Crippen molar-refractivity contribution in [1.29, 1.82) is 0 Å². The van der Waals surface area contributed by atoms with E-state index in [0.717, 1.165) is 35.4 Å². The normalized spacial score (nSPS) is 26.8. The van der Waals surface area contributed by atoms with Crippen LogP contribution in [0.5, 0.6) is 11.5 Å². The van der Waals surface area contributed by atoms with E-state index < -0.39 is 33.4 Å². The Kier molecular flexibility index (Phi) is 8.67. The Hall–Kier alpha value is -4.64. The fourth-order valence-electron chi connectivity index (χ4n) is 9.60. The highest BCUT2D eigenvalue weighted by Gasteiger charge is 2.72. The molecule has 3 heterocycles. The molecule has 1 spiro atoms. The van der Waals surface area contributed by atoms with Gasteiger partial charge in [0, 0.05) is 30.5 Å². The molecule has 10 nitrogen and oxygen atoms in total. The van der Waals surface area contributed by atoms with E-state index in [2.05, 4.69) is 18.8 Å². The molecule has 1 aromatic heterocycles. The van der Waals surface area contributed by atoms with Gasteiger partial charge in [-0.15, -0.1) is 0 Å². The number of nitrogens with zero attached hydrogens (tertiary/aromatic N) is 3. The van der Waals surface area contributed by atoms with E-state index in [1.165, 1.54) is 4.31 Å². The minimum absolute atomic E-state index is 0.0118. The lowest BCUT2D eigenvalue weighted by Gasteiger charge is -2.37. The fourth-order valence-corrected chi connectivity index (χ4v) is 12.2. The van der Waals surface area contributed by atoms with Crippen molar-refractivity contribution in [2.45, 2.75) is 58.9 Å². The van der Waals surface area contributed by atoms with Gasteiger partial charge in [0.1, 0.15) is 17.3 Å². The van der Waals surface area contributed by atoms with Crippen LogP contribution in [0.25, 0.3) is 11.5 Å². The number of amides is 2. The van der Waals surface area contributed by atoms with Crippen LogP contribution < -0.4 is 9.47 Å². The average molecular weight is 724 g/mol. The highest BCUT2D eigenvalue weighted by Crippen LogP contribution is 2.70. The van der Waals surface area contributed by atoms with Crippen LogP contribution in [0.3, 0.4) is 0 Å². The SMILES string of the molecule is Cc1oc(-c2ccccc2)nc1CCOc1cccc(C[C@H]2CN(C(=O)Oc3ccccc3)C[C@@H]2C(=O)N2C3CC4CC[C@@]3(CS2(=O)=O)C4(C)C)c1. The summed E-state index contributed by atoms with van der Waals surface area (Å²) in [6.45, 7) is 7.00. The molecule has 2 unspecified atom stereocenters. The van der Waals surface area contributed by atoms with Crippen LogP contribution in [-0.2, 0) is 27.7 Å². The van der Waals surface area contributed by atoms with Gasteiger partial charge in [-0.2, -0.15) is 0 Å². The number of hydrogen-bond donors (Lipinski definition) is 0. The van der Waals surface area contributed by atoms with Crippen molar-refractivity contribution in [2.75, 3.05) is 25.4 Å². The van der Waals surface area contributed by atoms with E-state index >= 15 is 0 Å². The molecule has 11 heteroatoms. The topological polar surface area (TPSA) is 119 Å². The molecule has 2 saturated heterocycles. The molecule has 8 rings (SSSR count). The third kappa shape index (κ3) is 5.96. The molecule has 2 aliphatic carbocycles. The number of benzene rings is 3. The van der Waals surface area contributed by atoms with Gasteiger partial charge in [-0.05, 0) is 91.8 Å². The zero-order valence-corrected chi connectivity index (χ0v) is 30.7. The van der Waals surface area contributed by atoms with Crippen molar-refractivity contribution in [3.8, 4) is 23.0 Å². The Bertz CT molecular complexity index is 2080. The quantitative estimate of drug-likeness (QED) is 0.183. The summed E-state index contributed by atoms with van der Waals surface area (Å²) in [5, 5.41) is 0. The molecule has 272 valence electrons. The Morgan fingerprint density at radius 3 is 2.44 bits per heavy atom. The molecule has 2 bridgehead atoms. The zero-order chi connectivity index (χ0) is 36.3. The Morgan fingerprint density at radius 2 is 1.69 bits per heavy atom. The summed E-state index contributed by atoms with van der Waals surface area (Å²) in [5.74, 6) is 1.41. The van der Waals surface area contributed by atoms with E-state index in [1.54, 1.807) is 29.2 Å². The first-order valence-electron chi connectivity index (χ1n) is 18.3. The number of hydrogen-bond acceptors (Lipinski definition) is 8. The third-order valence-electron chi connectivity index (χ3n) is 12.5. The zero-order valence-electron chi connectivity index (χ0n) is 29.9. The summed E-state index contributed by atoms with van der Waals surface area (Å²) in [5.41, 5.74) is 2.11. The van der Waals surface area contributed by atoms with Crippen molar-refractivity contribution >= 4 is 22.0 Å². The standard InChI is InChI=1S/C41H45N3O7S/c1-27-35(42-37(50-27)29-12-6-4-7-13-29)18-20-49-33-16-10-11-28(22-33)21-30-24-43(39(46)51-32-14-8-5-9-15-32)25-34(30)38(45)44-36-23-31-17-19-41(36,40(31,2)3)26-52(44,47)48/h4-16,22,30-31,34,36H,17-21,23-26H2,1-3H3/t30-,31?,34-,36?,41-/m0/s1. The number of ether oxygens (including phenoxy) is 2. The van der Waals surface area contributed by atoms with Crippen LogP contribution in [0.1, 0.15) is 50.1 Å². The summed E-state index contributed by atoms with van der Waals surface area (Å²) in [6.07, 6.45) is 2.99. The predicted octanol–water partition coefficient (Wildman–Crippen LogP) is 6.93. The lowest BCUT2D eigenvalue weighted by Crippen LogP contribution is -2.48. The maximum Gasteiger partial charge on any atom is 0.415 e. The van der Waals surface area contributed by atoms with E-state index in [1.807, 2.05) is 67.6 Å². The smallest absolute Gasteiger partial charge is 0.415 e. The second-order valence-corrected chi connectivity index (χ2v) is 17.4. The van der Waals surface area contributed by atoms with Gasteiger partial charge in [0.15, 0.2) is 0 Å². The van der Waals surface area contributed by atoms with Gasteiger partial charge in [-0.25, -0.2) is 22.5 Å². The molecule has 0 N–H and O–H groups in total. The number of rotatable bonds is 9. The Balaban J connectivity index is 0.995. The number of para-hydroxylation sites is 1. The van der Waals surface area contributed by atoms with Crippen LogP contribution in [0, 0.1) is 35.5 Å². The molecule has 3 aromatic carbocycles. The second-order valence-electron chi connectivity index (χ2n) is 15.5. The van der Waals surface area contributed by atoms with Crippen LogP contribution in [0.15, 0.2) is 89.3 Å². The molecule has 52 heavy (non-hydrogen) atoms. The molecule has 4 fully saturated rings. The van der Waals surface area contributed by atoms with Gasteiger partial charge < -0.3 is 18.8 Å². The van der Waals surface area contributed by atoms with Crippen molar-refractivity contribution in [1.82, 2.24) is 14.2 Å². The average Bonchev–Trinajstić information content (AvgIpc) is 3.88. The van der Waals surface area contributed by atoms with Gasteiger partial charge in [-0.3, -0.25) is 4.79 Å². The molecule has 0 radical (unpaired) electrons. The Labute approximate surface area is 305 Å². The van der Waals surface area contributed by atoms with E-state index in [-0.39, 0.29) is 36.2 Å². The predicted molar refractivity (Wildman–Crippen MR) is 195 cm³/mol. The maximum atomic E-state index is 14.6. The molecular weight excluding hydrogens is 679 g/mol. The van der Waals surface area contributed by atoms with Crippen LogP contribution in [-0.4, -0.2) is 66.1 Å². The van der Waals surface area contributed by atoms with E-state index in [4.69, 9.17) is 13.9 Å². The molecule has 2 aliphatic heterocycles. The van der Waals surface area contributed by atoms with E-state index in [0.29, 0.717) is 49.2 Å². The van der Waals surface area contributed by atoms with Crippen molar-refractivity contribution < 1.29 is 31.9 Å². The molecule has 5 atom stereocenters. The van der Waals surface area contributed by atoms with Crippen LogP contribution >= 0.6 is 0 Å². The monoisotopic (exact) mass is 723 g/mol.